The van der Waals surface area contributed by atoms with Gasteiger partial charge in [-0.05, 0) is 38.3 Å². The number of aromatic nitrogens is 1. The van der Waals surface area contributed by atoms with E-state index < -0.39 is 0 Å². The molecule has 0 unspecified atom stereocenters. The fraction of sp³-hybridized carbons (Fsp3) is 0.667. The van der Waals surface area contributed by atoms with Crippen LogP contribution in [-0.4, -0.2) is 30.7 Å². The Kier molecular flexibility index (Phi) is 5.16. The highest BCUT2D eigenvalue weighted by molar-refractivity contribution is 5.92. The molecule has 5 nitrogen and oxygen atoms in total. The van der Waals surface area contributed by atoms with E-state index in [9.17, 15) is 4.79 Å². The van der Waals surface area contributed by atoms with Gasteiger partial charge < -0.3 is 15.2 Å². The van der Waals surface area contributed by atoms with Crippen LogP contribution < -0.4 is 10.6 Å². The zero-order chi connectivity index (χ0) is 12.3. The lowest BCUT2D eigenvalue weighted by Crippen LogP contribution is -2.42. The van der Waals surface area contributed by atoms with E-state index in [-0.39, 0.29) is 23.7 Å². The first-order chi connectivity index (χ1) is 8.09. The third kappa shape index (κ3) is 3.71. The minimum absolute atomic E-state index is 0. The Labute approximate surface area is 113 Å². The summed E-state index contributed by atoms with van der Waals surface area (Å²) in [5, 5.41) is 9.96. The number of halogens is 1. The van der Waals surface area contributed by atoms with Gasteiger partial charge in [0.25, 0.3) is 5.91 Å². The SMILES string of the molecule is Cc1cc(C(=O)NCC2(C)CCNCC2)no1.Cl. The zero-order valence-corrected chi connectivity index (χ0v) is 11.6. The molecule has 2 rings (SSSR count). The Morgan fingerprint density at radius 2 is 2.22 bits per heavy atom. The van der Waals surface area contributed by atoms with Gasteiger partial charge in [0.2, 0.25) is 0 Å². The number of aryl methyl sites for hydroxylation is 1. The van der Waals surface area contributed by atoms with Crippen LogP contribution in [-0.2, 0) is 0 Å². The van der Waals surface area contributed by atoms with Gasteiger partial charge in [-0.2, -0.15) is 0 Å². The maximum atomic E-state index is 11.8. The third-order valence-electron chi connectivity index (χ3n) is 3.35. The zero-order valence-electron chi connectivity index (χ0n) is 10.8. The molecule has 6 heteroatoms. The molecule has 0 aromatic carbocycles. The lowest BCUT2D eigenvalue weighted by molar-refractivity contribution is 0.0913. The number of hydrogen-bond acceptors (Lipinski definition) is 4. The number of piperidine rings is 1. The highest BCUT2D eigenvalue weighted by atomic mass is 35.5. The summed E-state index contributed by atoms with van der Waals surface area (Å²) in [5.41, 5.74) is 0.555. The average molecular weight is 274 g/mol. The van der Waals surface area contributed by atoms with Crippen molar-refractivity contribution in [2.45, 2.75) is 26.7 Å². The van der Waals surface area contributed by atoms with Crippen molar-refractivity contribution in [1.29, 1.82) is 0 Å². The Bertz CT molecular complexity index is 400. The van der Waals surface area contributed by atoms with Crippen LogP contribution in [0.1, 0.15) is 36.0 Å². The number of carbonyl (C=O) groups is 1. The van der Waals surface area contributed by atoms with Gasteiger partial charge in [0.15, 0.2) is 5.69 Å². The van der Waals surface area contributed by atoms with Gasteiger partial charge in [-0.3, -0.25) is 4.79 Å². The van der Waals surface area contributed by atoms with Gasteiger partial charge in [0.1, 0.15) is 5.76 Å². The fourth-order valence-electron chi connectivity index (χ4n) is 2.06. The van der Waals surface area contributed by atoms with Crippen LogP contribution in [0.25, 0.3) is 0 Å². The van der Waals surface area contributed by atoms with Crippen molar-refractivity contribution in [3.05, 3.63) is 17.5 Å². The van der Waals surface area contributed by atoms with Gasteiger partial charge in [-0.25, -0.2) is 0 Å². The summed E-state index contributed by atoms with van der Waals surface area (Å²) < 4.78 is 4.88. The van der Waals surface area contributed by atoms with Crippen molar-refractivity contribution in [1.82, 2.24) is 15.8 Å². The maximum absolute atomic E-state index is 11.8. The summed E-state index contributed by atoms with van der Waals surface area (Å²) in [6.45, 7) is 6.73. The van der Waals surface area contributed by atoms with E-state index in [1.807, 2.05) is 0 Å². The summed E-state index contributed by atoms with van der Waals surface area (Å²) in [6.07, 6.45) is 2.18. The first kappa shape index (κ1) is 15.0. The first-order valence-corrected chi connectivity index (χ1v) is 6.01. The molecule has 2 N–H and O–H groups in total. The van der Waals surface area contributed by atoms with Crippen molar-refractivity contribution in [2.24, 2.45) is 5.41 Å². The van der Waals surface area contributed by atoms with Crippen LogP contribution >= 0.6 is 12.4 Å². The lowest BCUT2D eigenvalue weighted by atomic mass is 9.81. The Morgan fingerprint density at radius 3 is 2.78 bits per heavy atom. The quantitative estimate of drug-likeness (QED) is 0.876. The van der Waals surface area contributed by atoms with Gasteiger partial charge in [-0.15, -0.1) is 12.4 Å². The minimum atomic E-state index is -0.151. The standard InChI is InChI=1S/C12H19N3O2.ClH/c1-9-7-10(15-17-9)11(16)14-8-12(2)3-5-13-6-4-12;/h7,13H,3-6,8H2,1-2H3,(H,14,16);1H. The molecule has 0 saturated carbocycles. The summed E-state index contributed by atoms with van der Waals surface area (Å²) in [6, 6.07) is 1.65. The second-order valence-electron chi connectivity index (χ2n) is 5.07. The normalized spacial score (nSPS) is 17.9. The third-order valence-corrected chi connectivity index (χ3v) is 3.35. The molecule has 1 amide bonds. The van der Waals surface area contributed by atoms with Gasteiger partial charge in [-0.1, -0.05) is 12.1 Å². The largest absolute Gasteiger partial charge is 0.361 e. The number of carbonyl (C=O) groups excluding carboxylic acids is 1. The molecule has 0 aliphatic carbocycles. The molecule has 0 spiro atoms. The summed E-state index contributed by atoms with van der Waals surface area (Å²) in [4.78, 5) is 11.8. The van der Waals surface area contributed by atoms with Crippen LogP contribution in [0.2, 0.25) is 0 Å². The Morgan fingerprint density at radius 1 is 1.56 bits per heavy atom. The van der Waals surface area contributed by atoms with E-state index in [4.69, 9.17) is 4.52 Å². The highest BCUT2D eigenvalue weighted by Gasteiger charge is 2.27. The molecular formula is C12H20ClN3O2. The molecular weight excluding hydrogens is 254 g/mol. The number of nitrogens with zero attached hydrogens (tertiary/aromatic N) is 1. The lowest BCUT2D eigenvalue weighted by Gasteiger charge is -2.33. The van der Waals surface area contributed by atoms with E-state index in [0.29, 0.717) is 18.0 Å². The van der Waals surface area contributed by atoms with E-state index >= 15 is 0 Å². The molecule has 1 fully saturated rings. The van der Waals surface area contributed by atoms with E-state index in [0.717, 1.165) is 25.9 Å². The number of nitrogens with one attached hydrogen (secondary N) is 2. The maximum Gasteiger partial charge on any atom is 0.273 e. The highest BCUT2D eigenvalue weighted by Crippen LogP contribution is 2.26. The van der Waals surface area contributed by atoms with Gasteiger partial charge in [0, 0.05) is 12.6 Å². The van der Waals surface area contributed by atoms with Crippen molar-refractivity contribution in [3.63, 3.8) is 0 Å². The monoisotopic (exact) mass is 273 g/mol. The Balaban J connectivity index is 0.00000162. The fourth-order valence-corrected chi connectivity index (χ4v) is 2.06. The van der Waals surface area contributed by atoms with E-state index in [1.54, 1.807) is 13.0 Å². The predicted octanol–water partition coefficient (Wildman–Crippen LogP) is 1.52. The molecule has 0 radical (unpaired) electrons. The molecule has 1 saturated heterocycles. The molecule has 1 aromatic rings. The molecule has 1 aliphatic heterocycles. The van der Waals surface area contributed by atoms with Crippen LogP contribution in [0.15, 0.2) is 10.6 Å². The van der Waals surface area contributed by atoms with Crippen molar-refractivity contribution in [2.75, 3.05) is 19.6 Å². The molecule has 2 heterocycles. The molecule has 1 aromatic heterocycles. The minimum Gasteiger partial charge on any atom is -0.361 e. The van der Waals surface area contributed by atoms with Crippen LogP contribution in [0, 0.1) is 12.3 Å². The summed E-state index contributed by atoms with van der Waals surface area (Å²) in [5.74, 6) is 0.504. The Hall–Kier alpha value is -1.07. The van der Waals surface area contributed by atoms with Crippen molar-refractivity contribution < 1.29 is 9.32 Å². The van der Waals surface area contributed by atoms with Crippen molar-refractivity contribution in [3.8, 4) is 0 Å². The van der Waals surface area contributed by atoms with Gasteiger partial charge in [0.05, 0.1) is 0 Å². The topological polar surface area (TPSA) is 67.2 Å². The number of amides is 1. The summed E-state index contributed by atoms with van der Waals surface area (Å²) >= 11 is 0. The molecule has 18 heavy (non-hydrogen) atoms. The predicted molar refractivity (Wildman–Crippen MR) is 71.0 cm³/mol. The smallest absolute Gasteiger partial charge is 0.273 e. The van der Waals surface area contributed by atoms with Crippen LogP contribution in [0.3, 0.4) is 0 Å². The van der Waals surface area contributed by atoms with Crippen LogP contribution in [0.4, 0.5) is 0 Å². The first-order valence-electron chi connectivity index (χ1n) is 6.01. The molecule has 0 atom stereocenters. The molecule has 0 bridgehead atoms. The van der Waals surface area contributed by atoms with E-state index in [2.05, 4.69) is 22.7 Å². The average Bonchev–Trinajstić information content (AvgIpc) is 2.74. The molecule has 1 aliphatic rings. The van der Waals surface area contributed by atoms with Crippen LogP contribution in [0.5, 0.6) is 0 Å². The van der Waals surface area contributed by atoms with Crippen molar-refractivity contribution >= 4 is 18.3 Å². The summed E-state index contributed by atoms with van der Waals surface area (Å²) in [7, 11) is 0. The second-order valence-corrected chi connectivity index (χ2v) is 5.07. The second kappa shape index (κ2) is 6.20. The number of rotatable bonds is 3. The molecule has 102 valence electrons. The van der Waals surface area contributed by atoms with Gasteiger partial charge >= 0.3 is 0 Å². The van der Waals surface area contributed by atoms with E-state index in [1.165, 1.54) is 0 Å². The number of hydrogen-bond donors (Lipinski definition) is 2.